The molecule has 2 aromatic rings. The lowest BCUT2D eigenvalue weighted by Crippen LogP contribution is -2.09. The molecule has 0 bridgehead atoms. The normalized spacial score (nSPS) is 10.4. The monoisotopic (exact) mass is 217 g/mol. The van der Waals surface area contributed by atoms with Crippen LogP contribution in [0.2, 0.25) is 0 Å². The molecule has 4 heteroatoms. The number of carbonyl (C=O) groups is 1. The molecule has 2 rings (SSSR count). The number of pyridine rings is 1. The summed E-state index contributed by atoms with van der Waals surface area (Å²) in [4.78, 5) is 25.7. The molecule has 1 aromatic carbocycles. The summed E-state index contributed by atoms with van der Waals surface area (Å²) in [5.74, 6) is -0.431. The number of carbonyl (C=O) groups excluding carboxylic acids is 1. The number of hydrogen-bond donors (Lipinski definition) is 1. The molecule has 0 unspecified atom stereocenters. The lowest BCUT2D eigenvalue weighted by Gasteiger charge is -2.05. The fourth-order valence-electron chi connectivity index (χ4n) is 1.72. The first-order valence-corrected chi connectivity index (χ1v) is 4.84. The number of aryl methyl sites for hydroxylation is 1. The van der Waals surface area contributed by atoms with Crippen molar-refractivity contribution in [2.45, 2.75) is 6.92 Å². The van der Waals surface area contributed by atoms with Crippen molar-refractivity contribution in [2.24, 2.45) is 0 Å². The number of aromatic nitrogens is 1. The van der Waals surface area contributed by atoms with Gasteiger partial charge in [-0.2, -0.15) is 0 Å². The Morgan fingerprint density at radius 1 is 1.31 bits per heavy atom. The number of hydrogen-bond acceptors (Lipinski definition) is 3. The van der Waals surface area contributed by atoms with E-state index in [0.29, 0.717) is 16.3 Å². The summed E-state index contributed by atoms with van der Waals surface area (Å²) >= 11 is 0. The number of rotatable bonds is 1. The van der Waals surface area contributed by atoms with Gasteiger partial charge in [-0.3, -0.25) is 4.79 Å². The molecule has 16 heavy (non-hydrogen) atoms. The highest BCUT2D eigenvalue weighted by Gasteiger charge is 2.12. The molecule has 0 radical (unpaired) electrons. The number of aromatic amines is 1. The molecular formula is C12H11NO3. The molecule has 0 aliphatic carbocycles. The van der Waals surface area contributed by atoms with Crippen LogP contribution in [0.3, 0.4) is 0 Å². The first kappa shape index (κ1) is 10.4. The third-order valence-electron chi connectivity index (χ3n) is 2.44. The Balaban J connectivity index is 2.88. The third-order valence-corrected chi connectivity index (χ3v) is 2.44. The molecule has 0 fully saturated rings. The van der Waals surface area contributed by atoms with Crippen LogP contribution >= 0.6 is 0 Å². The van der Waals surface area contributed by atoms with E-state index in [1.807, 2.05) is 6.92 Å². The maximum atomic E-state index is 11.6. The van der Waals surface area contributed by atoms with Crippen LogP contribution in [0, 0.1) is 6.92 Å². The van der Waals surface area contributed by atoms with Gasteiger partial charge in [0.1, 0.15) is 0 Å². The number of ether oxygens (including phenoxy) is 1. The second-order valence-electron chi connectivity index (χ2n) is 3.57. The number of methoxy groups -OCH3 is 1. The largest absolute Gasteiger partial charge is 0.465 e. The van der Waals surface area contributed by atoms with Crippen molar-refractivity contribution in [2.75, 3.05) is 7.11 Å². The topological polar surface area (TPSA) is 59.2 Å². The van der Waals surface area contributed by atoms with E-state index in [2.05, 4.69) is 9.72 Å². The second-order valence-corrected chi connectivity index (χ2v) is 3.57. The zero-order valence-corrected chi connectivity index (χ0v) is 9.03. The molecular weight excluding hydrogens is 206 g/mol. The van der Waals surface area contributed by atoms with Gasteiger partial charge in [-0.15, -0.1) is 0 Å². The summed E-state index contributed by atoms with van der Waals surface area (Å²) in [5.41, 5.74) is 1.07. The van der Waals surface area contributed by atoms with Gasteiger partial charge in [0, 0.05) is 17.0 Å². The van der Waals surface area contributed by atoms with Gasteiger partial charge in [-0.25, -0.2) is 4.79 Å². The highest BCUT2D eigenvalue weighted by Crippen LogP contribution is 2.18. The van der Waals surface area contributed by atoms with Crippen LogP contribution < -0.4 is 5.56 Å². The maximum Gasteiger partial charge on any atom is 0.338 e. The van der Waals surface area contributed by atoms with Crippen LogP contribution in [0.25, 0.3) is 10.8 Å². The van der Waals surface area contributed by atoms with Gasteiger partial charge in [-0.05, 0) is 30.7 Å². The molecule has 1 heterocycles. The summed E-state index contributed by atoms with van der Waals surface area (Å²) in [5, 5.41) is 1.11. The Kier molecular flexibility index (Phi) is 2.48. The van der Waals surface area contributed by atoms with Gasteiger partial charge >= 0.3 is 5.97 Å². The molecule has 0 aliphatic rings. The fourth-order valence-corrected chi connectivity index (χ4v) is 1.72. The van der Waals surface area contributed by atoms with E-state index in [-0.39, 0.29) is 5.56 Å². The van der Waals surface area contributed by atoms with Crippen molar-refractivity contribution in [3.8, 4) is 0 Å². The van der Waals surface area contributed by atoms with Crippen molar-refractivity contribution in [3.63, 3.8) is 0 Å². The fraction of sp³-hybridized carbons (Fsp3) is 0.167. The summed E-state index contributed by atoms with van der Waals surface area (Å²) in [6.07, 6.45) is 1.52. The standard InChI is InChI=1S/C12H11NO3/c1-7-5-9-8(3-4-13-11(9)14)10(6-7)12(15)16-2/h3-6H,1-2H3,(H,13,14). The average molecular weight is 217 g/mol. The van der Waals surface area contributed by atoms with Crippen molar-refractivity contribution in [3.05, 3.63) is 45.9 Å². The zero-order chi connectivity index (χ0) is 11.7. The van der Waals surface area contributed by atoms with Crippen molar-refractivity contribution in [1.82, 2.24) is 4.98 Å². The zero-order valence-electron chi connectivity index (χ0n) is 9.03. The molecule has 0 amide bonds. The first-order valence-electron chi connectivity index (χ1n) is 4.84. The van der Waals surface area contributed by atoms with Gasteiger partial charge in [0.15, 0.2) is 0 Å². The van der Waals surface area contributed by atoms with Crippen LogP contribution in [0.5, 0.6) is 0 Å². The predicted molar refractivity (Wildman–Crippen MR) is 60.6 cm³/mol. The van der Waals surface area contributed by atoms with E-state index in [4.69, 9.17) is 0 Å². The smallest absolute Gasteiger partial charge is 0.338 e. The molecule has 4 nitrogen and oxygen atoms in total. The minimum absolute atomic E-state index is 0.202. The van der Waals surface area contributed by atoms with Crippen molar-refractivity contribution in [1.29, 1.82) is 0 Å². The Morgan fingerprint density at radius 2 is 2.06 bits per heavy atom. The average Bonchev–Trinajstić information content (AvgIpc) is 2.28. The molecule has 0 aliphatic heterocycles. The SMILES string of the molecule is COC(=O)c1cc(C)cc2c(=O)[nH]ccc12. The maximum absolute atomic E-state index is 11.6. The van der Waals surface area contributed by atoms with Gasteiger partial charge in [0.25, 0.3) is 5.56 Å². The van der Waals surface area contributed by atoms with E-state index in [0.717, 1.165) is 5.56 Å². The molecule has 1 aromatic heterocycles. The predicted octanol–water partition coefficient (Wildman–Crippen LogP) is 1.62. The van der Waals surface area contributed by atoms with Crippen LogP contribution in [-0.2, 0) is 4.74 Å². The number of H-pyrrole nitrogens is 1. The van der Waals surface area contributed by atoms with Crippen LogP contribution in [0.4, 0.5) is 0 Å². The van der Waals surface area contributed by atoms with Gasteiger partial charge in [0.05, 0.1) is 12.7 Å². The second kappa shape index (κ2) is 3.81. The van der Waals surface area contributed by atoms with E-state index in [1.165, 1.54) is 13.3 Å². The van der Waals surface area contributed by atoms with Gasteiger partial charge in [-0.1, -0.05) is 0 Å². The summed E-state index contributed by atoms with van der Waals surface area (Å²) < 4.78 is 4.69. The molecule has 82 valence electrons. The Hall–Kier alpha value is -2.10. The Bertz CT molecular complexity index is 613. The van der Waals surface area contributed by atoms with Crippen LogP contribution in [0.15, 0.2) is 29.2 Å². The lowest BCUT2D eigenvalue weighted by atomic mass is 10.0. The number of nitrogens with one attached hydrogen (secondary N) is 1. The summed E-state index contributed by atoms with van der Waals surface area (Å²) in [7, 11) is 1.32. The van der Waals surface area contributed by atoms with Gasteiger partial charge < -0.3 is 9.72 Å². The molecule has 0 saturated carbocycles. The van der Waals surface area contributed by atoms with E-state index in [1.54, 1.807) is 18.2 Å². The lowest BCUT2D eigenvalue weighted by molar-refractivity contribution is 0.0603. The molecule has 0 atom stereocenters. The summed E-state index contributed by atoms with van der Waals surface area (Å²) in [6.45, 7) is 1.83. The molecule has 0 spiro atoms. The Labute approximate surface area is 91.9 Å². The third kappa shape index (κ3) is 1.58. The first-order chi connectivity index (χ1) is 7.63. The minimum atomic E-state index is -0.431. The van der Waals surface area contributed by atoms with Gasteiger partial charge in [0.2, 0.25) is 0 Å². The van der Waals surface area contributed by atoms with Crippen molar-refractivity contribution >= 4 is 16.7 Å². The van der Waals surface area contributed by atoms with E-state index in [9.17, 15) is 9.59 Å². The van der Waals surface area contributed by atoms with Crippen molar-refractivity contribution < 1.29 is 9.53 Å². The summed E-state index contributed by atoms with van der Waals surface area (Å²) in [6, 6.07) is 5.16. The highest BCUT2D eigenvalue weighted by atomic mass is 16.5. The quantitative estimate of drug-likeness (QED) is 0.738. The van der Waals surface area contributed by atoms with Crippen LogP contribution in [0.1, 0.15) is 15.9 Å². The highest BCUT2D eigenvalue weighted by molar-refractivity contribution is 6.04. The number of benzene rings is 1. The molecule has 1 N–H and O–H groups in total. The number of fused-ring (bicyclic) bond motifs is 1. The minimum Gasteiger partial charge on any atom is -0.465 e. The molecule has 0 saturated heterocycles. The Morgan fingerprint density at radius 3 is 2.75 bits per heavy atom. The van der Waals surface area contributed by atoms with E-state index >= 15 is 0 Å². The number of esters is 1. The van der Waals surface area contributed by atoms with E-state index < -0.39 is 5.97 Å². The van der Waals surface area contributed by atoms with Crippen LogP contribution in [-0.4, -0.2) is 18.1 Å².